The molecule has 0 saturated carbocycles. The third kappa shape index (κ3) is 1.85. The molecule has 0 N–H and O–H groups in total. The lowest BCUT2D eigenvalue weighted by atomic mass is 10.0. The summed E-state index contributed by atoms with van der Waals surface area (Å²) in [6.45, 7) is 4.41. The standard InChI is InChI=1S/C16H16S/c1-3-12-9-13-5-4-6-14(15(13)10-12)16-8-7-11(2)17-16/h4-8,10H,3,9H2,1-2H3. The van der Waals surface area contributed by atoms with E-state index in [4.69, 9.17) is 0 Å². The molecule has 0 bridgehead atoms. The molecule has 1 aromatic heterocycles. The summed E-state index contributed by atoms with van der Waals surface area (Å²) in [5.74, 6) is 0. The lowest BCUT2D eigenvalue weighted by Gasteiger charge is -2.04. The number of hydrogen-bond donors (Lipinski definition) is 0. The van der Waals surface area contributed by atoms with Crippen molar-refractivity contribution in [3.8, 4) is 10.4 Å². The van der Waals surface area contributed by atoms with Crippen LogP contribution in [0.2, 0.25) is 0 Å². The topological polar surface area (TPSA) is 0 Å². The lowest BCUT2D eigenvalue weighted by molar-refractivity contribution is 1.04. The number of allylic oxidation sites excluding steroid dienone is 1. The molecule has 2 aromatic rings. The van der Waals surface area contributed by atoms with Crippen LogP contribution in [0.1, 0.15) is 29.3 Å². The second-order valence-corrected chi connectivity index (χ2v) is 5.91. The Kier molecular flexibility index (Phi) is 2.64. The minimum absolute atomic E-state index is 1.14. The van der Waals surface area contributed by atoms with Crippen LogP contribution in [-0.4, -0.2) is 0 Å². The Labute approximate surface area is 107 Å². The summed E-state index contributed by atoms with van der Waals surface area (Å²) >= 11 is 1.89. The van der Waals surface area contributed by atoms with E-state index < -0.39 is 0 Å². The molecule has 0 unspecified atom stereocenters. The first-order chi connectivity index (χ1) is 8.28. The van der Waals surface area contributed by atoms with Crippen LogP contribution in [0.5, 0.6) is 0 Å². The van der Waals surface area contributed by atoms with Gasteiger partial charge in [-0.3, -0.25) is 0 Å². The van der Waals surface area contributed by atoms with Crippen molar-refractivity contribution >= 4 is 17.4 Å². The summed E-state index contributed by atoms with van der Waals surface area (Å²) in [5.41, 5.74) is 5.90. The average Bonchev–Trinajstić information content (AvgIpc) is 2.93. The van der Waals surface area contributed by atoms with Crippen molar-refractivity contribution in [1.29, 1.82) is 0 Å². The molecule has 0 fully saturated rings. The first kappa shape index (κ1) is 10.8. The third-order valence-electron chi connectivity index (χ3n) is 3.42. The number of aryl methyl sites for hydroxylation is 1. The van der Waals surface area contributed by atoms with Crippen molar-refractivity contribution in [3.05, 3.63) is 51.9 Å². The summed E-state index contributed by atoms with van der Waals surface area (Å²) in [6, 6.07) is 11.2. The lowest BCUT2D eigenvalue weighted by Crippen LogP contribution is -1.85. The van der Waals surface area contributed by atoms with Crippen molar-refractivity contribution in [2.45, 2.75) is 26.7 Å². The maximum Gasteiger partial charge on any atom is 0.0351 e. The van der Waals surface area contributed by atoms with Gasteiger partial charge < -0.3 is 0 Å². The van der Waals surface area contributed by atoms with Gasteiger partial charge in [-0.1, -0.05) is 36.8 Å². The molecule has 3 rings (SSSR count). The van der Waals surface area contributed by atoms with Gasteiger partial charge in [-0.15, -0.1) is 11.3 Å². The van der Waals surface area contributed by atoms with Gasteiger partial charge in [0.25, 0.3) is 0 Å². The number of rotatable bonds is 2. The fourth-order valence-electron chi connectivity index (χ4n) is 2.46. The Hall–Kier alpha value is -1.34. The van der Waals surface area contributed by atoms with Crippen LogP contribution in [0.15, 0.2) is 35.9 Å². The monoisotopic (exact) mass is 240 g/mol. The summed E-state index contributed by atoms with van der Waals surface area (Å²) in [7, 11) is 0. The molecule has 86 valence electrons. The summed E-state index contributed by atoms with van der Waals surface area (Å²) in [5, 5.41) is 0. The predicted octanol–water partition coefficient (Wildman–Crippen LogP) is 5.07. The quantitative estimate of drug-likeness (QED) is 0.687. The Balaban J connectivity index is 2.14. The van der Waals surface area contributed by atoms with Gasteiger partial charge in [0.1, 0.15) is 0 Å². The summed E-state index contributed by atoms with van der Waals surface area (Å²) in [4.78, 5) is 2.78. The Morgan fingerprint density at radius 2 is 2.06 bits per heavy atom. The van der Waals surface area contributed by atoms with E-state index >= 15 is 0 Å². The first-order valence-corrected chi connectivity index (χ1v) is 6.97. The molecule has 1 heteroatoms. The van der Waals surface area contributed by atoms with E-state index in [0.717, 1.165) is 12.8 Å². The van der Waals surface area contributed by atoms with Crippen LogP contribution in [0, 0.1) is 6.92 Å². The molecule has 1 heterocycles. The maximum atomic E-state index is 2.39. The van der Waals surface area contributed by atoms with Crippen molar-refractivity contribution < 1.29 is 0 Å². The van der Waals surface area contributed by atoms with Crippen LogP contribution < -0.4 is 0 Å². The third-order valence-corrected chi connectivity index (χ3v) is 4.46. The van der Waals surface area contributed by atoms with Crippen LogP contribution >= 0.6 is 11.3 Å². The van der Waals surface area contributed by atoms with Crippen molar-refractivity contribution in [2.24, 2.45) is 0 Å². The molecule has 0 atom stereocenters. The molecule has 0 aliphatic heterocycles. The van der Waals surface area contributed by atoms with E-state index in [2.05, 4.69) is 50.3 Å². The highest BCUT2D eigenvalue weighted by atomic mass is 32.1. The molecule has 17 heavy (non-hydrogen) atoms. The highest BCUT2D eigenvalue weighted by Crippen LogP contribution is 2.37. The van der Waals surface area contributed by atoms with Gasteiger partial charge in [0.05, 0.1) is 0 Å². The van der Waals surface area contributed by atoms with E-state index in [1.807, 2.05) is 11.3 Å². The Bertz CT molecular complexity index is 587. The minimum atomic E-state index is 1.14. The van der Waals surface area contributed by atoms with Crippen molar-refractivity contribution in [1.82, 2.24) is 0 Å². The van der Waals surface area contributed by atoms with Gasteiger partial charge >= 0.3 is 0 Å². The predicted molar refractivity (Wildman–Crippen MR) is 76.5 cm³/mol. The Morgan fingerprint density at radius 1 is 1.18 bits per heavy atom. The van der Waals surface area contributed by atoms with E-state index in [1.165, 1.54) is 26.4 Å². The first-order valence-electron chi connectivity index (χ1n) is 6.16. The molecule has 0 saturated heterocycles. The van der Waals surface area contributed by atoms with E-state index in [-0.39, 0.29) is 0 Å². The molecular weight excluding hydrogens is 224 g/mol. The number of benzene rings is 1. The zero-order chi connectivity index (χ0) is 11.8. The fourth-order valence-corrected chi connectivity index (χ4v) is 3.37. The SMILES string of the molecule is CCC1=Cc2c(cccc2-c2ccc(C)s2)C1. The second-order valence-electron chi connectivity index (χ2n) is 4.62. The number of thiophene rings is 1. The molecular formula is C16H16S. The highest BCUT2D eigenvalue weighted by Gasteiger charge is 2.15. The van der Waals surface area contributed by atoms with Gasteiger partial charge in [-0.05, 0) is 48.6 Å². The molecule has 1 aliphatic carbocycles. The van der Waals surface area contributed by atoms with Crippen molar-refractivity contribution in [2.75, 3.05) is 0 Å². The van der Waals surface area contributed by atoms with E-state index in [0.29, 0.717) is 0 Å². The van der Waals surface area contributed by atoms with E-state index in [9.17, 15) is 0 Å². The van der Waals surface area contributed by atoms with Crippen molar-refractivity contribution in [3.63, 3.8) is 0 Å². The molecule has 1 aliphatic rings. The van der Waals surface area contributed by atoms with Gasteiger partial charge in [0.2, 0.25) is 0 Å². The zero-order valence-electron chi connectivity index (χ0n) is 10.3. The van der Waals surface area contributed by atoms with Gasteiger partial charge in [0, 0.05) is 9.75 Å². The molecule has 0 radical (unpaired) electrons. The Morgan fingerprint density at radius 3 is 2.76 bits per heavy atom. The molecule has 1 aromatic carbocycles. The van der Waals surface area contributed by atoms with Gasteiger partial charge in [-0.2, -0.15) is 0 Å². The zero-order valence-corrected chi connectivity index (χ0v) is 11.1. The van der Waals surface area contributed by atoms with Crippen LogP contribution in [0.3, 0.4) is 0 Å². The van der Waals surface area contributed by atoms with E-state index in [1.54, 1.807) is 5.57 Å². The highest BCUT2D eigenvalue weighted by molar-refractivity contribution is 7.15. The summed E-state index contributed by atoms with van der Waals surface area (Å²) < 4.78 is 0. The van der Waals surface area contributed by atoms with Gasteiger partial charge in [0.15, 0.2) is 0 Å². The number of hydrogen-bond acceptors (Lipinski definition) is 1. The second kappa shape index (κ2) is 4.15. The van der Waals surface area contributed by atoms with Gasteiger partial charge in [-0.25, -0.2) is 0 Å². The average molecular weight is 240 g/mol. The molecule has 0 nitrogen and oxygen atoms in total. The molecule has 0 spiro atoms. The fraction of sp³-hybridized carbons (Fsp3) is 0.250. The minimum Gasteiger partial charge on any atom is -0.141 e. The normalized spacial score (nSPS) is 13.6. The molecule has 0 amide bonds. The smallest absolute Gasteiger partial charge is 0.0351 e. The largest absolute Gasteiger partial charge is 0.141 e. The van der Waals surface area contributed by atoms with Crippen LogP contribution in [0.4, 0.5) is 0 Å². The van der Waals surface area contributed by atoms with Crippen LogP contribution in [0.25, 0.3) is 16.5 Å². The number of fused-ring (bicyclic) bond motifs is 1. The maximum absolute atomic E-state index is 2.39. The van der Waals surface area contributed by atoms with Crippen LogP contribution in [-0.2, 0) is 6.42 Å². The summed E-state index contributed by atoms with van der Waals surface area (Å²) in [6.07, 6.45) is 4.70.